The highest BCUT2D eigenvalue weighted by atomic mass is 79.9. The van der Waals surface area contributed by atoms with Crippen LogP contribution in [-0.4, -0.2) is 42.7 Å². The van der Waals surface area contributed by atoms with Gasteiger partial charge in [-0.25, -0.2) is 0 Å². The average molecular weight is 475 g/mol. The number of ether oxygens (including phenoxy) is 1. The molecular weight excluding hydrogens is 452 g/mol. The van der Waals surface area contributed by atoms with Crippen molar-refractivity contribution >= 4 is 45.2 Å². The van der Waals surface area contributed by atoms with Crippen molar-refractivity contribution in [2.24, 2.45) is 5.92 Å². The molecule has 2 amide bonds. The third-order valence-corrected chi connectivity index (χ3v) is 7.19. The number of benzene rings is 2. The Bertz CT molecular complexity index is 934. The molecule has 2 aliphatic heterocycles. The van der Waals surface area contributed by atoms with Crippen LogP contribution >= 0.6 is 27.7 Å². The smallest absolute Gasteiger partial charge is 0.229 e. The summed E-state index contributed by atoms with van der Waals surface area (Å²) >= 11 is 5.26. The van der Waals surface area contributed by atoms with Gasteiger partial charge < -0.3 is 14.5 Å². The van der Waals surface area contributed by atoms with Crippen LogP contribution in [0, 0.1) is 12.8 Å². The number of methoxy groups -OCH3 is 1. The Hall–Kier alpha value is -1.99. The van der Waals surface area contributed by atoms with Gasteiger partial charge in [-0.05, 0) is 37.3 Å². The highest BCUT2D eigenvalue weighted by molar-refractivity contribution is 9.10. The molecule has 2 saturated heterocycles. The second-order valence-electron chi connectivity index (χ2n) is 7.38. The first-order valence-electron chi connectivity index (χ1n) is 9.60. The first-order chi connectivity index (χ1) is 14.0. The Morgan fingerprint density at radius 2 is 1.97 bits per heavy atom. The molecule has 5 nitrogen and oxygen atoms in total. The zero-order valence-electron chi connectivity index (χ0n) is 16.4. The van der Waals surface area contributed by atoms with Crippen molar-refractivity contribution < 1.29 is 14.3 Å². The van der Waals surface area contributed by atoms with Crippen LogP contribution in [0.15, 0.2) is 46.9 Å². The molecule has 152 valence electrons. The van der Waals surface area contributed by atoms with Gasteiger partial charge in [0.05, 0.1) is 13.0 Å². The second kappa shape index (κ2) is 8.40. The summed E-state index contributed by atoms with van der Waals surface area (Å²) < 4.78 is 6.49. The molecule has 0 N–H and O–H groups in total. The molecule has 29 heavy (non-hydrogen) atoms. The van der Waals surface area contributed by atoms with Crippen molar-refractivity contribution in [2.75, 3.05) is 30.9 Å². The van der Waals surface area contributed by atoms with Crippen LogP contribution < -0.4 is 9.64 Å². The molecule has 2 fully saturated rings. The monoisotopic (exact) mass is 474 g/mol. The van der Waals surface area contributed by atoms with Crippen molar-refractivity contribution in [1.82, 2.24) is 4.90 Å². The Labute approximate surface area is 183 Å². The van der Waals surface area contributed by atoms with Crippen LogP contribution in [0.25, 0.3) is 0 Å². The maximum Gasteiger partial charge on any atom is 0.229 e. The number of carbonyl (C=O) groups excluding carboxylic acids is 2. The summed E-state index contributed by atoms with van der Waals surface area (Å²) in [5.41, 5.74) is 2.99. The third-order valence-electron chi connectivity index (χ3n) is 5.45. The maximum atomic E-state index is 13.4. The van der Waals surface area contributed by atoms with Crippen LogP contribution in [0.4, 0.5) is 5.69 Å². The van der Waals surface area contributed by atoms with E-state index in [1.54, 1.807) is 23.8 Å². The molecule has 4 rings (SSSR count). The number of carbonyl (C=O) groups is 2. The van der Waals surface area contributed by atoms with E-state index < -0.39 is 0 Å². The van der Waals surface area contributed by atoms with Crippen molar-refractivity contribution in [3.63, 3.8) is 0 Å². The van der Waals surface area contributed by atoms with E-state index in [0.29, 0.717) is 13.1 Å². The predicted molar refractivity (Wildman–Crippen MR) is 119 cm³/mol. The van der Waals surface area contributed by atoms with E-state index in [9.17, 15) is 9.59 Å². The molecule has 2 heterocycles. The van der Waals surface area contributed by atoms with Crippen molar-refractivity contribution in [2.45, 2.75) is 18.7 Å². The fourth-order valence-corrected chi connectivity index (χ4v) is 5.59. The quantitative estimate of drug-likeness (QED) is 0.658. The molecule has 2 aromatic carbocycles. The summed E-state index contributed by atoms with van der Waals surface area (Å²) in [6.45, 7) is 3.13. The minimum absolute atomic E-state index is 0.00985. The number of aryl methyl sites for hydroxylation is 1. The number of anilines is 1. The molecule has 2 unspecified atom stereocenters. The number of hydrogen-bond donors (Lipinski definition) is 0. The zero-order valence-corrected chi connectivity index (χ0v) is 18.8. The summed E-state index contributed by atoms with van der Waals surface area (Å²) in [4.78, 5) is 29.6. The minimum atomic E-state index is -0.317. The lowest BCUT2D eigenvalue weighted by atomic mass is 10.1. The van der Waals surface area contributed by atoms with Crippen molar-refractivity contribution in [1.29, 1.82) is 0 Å². The van der Waals surface area contributed by atoms with Gasteiger partial charge in [0.2, 0.25) is 11.8 Å². The number of thioether (sulfide) groups is 1. The van der Waals surface area contributed by atoms with Crippen LogP contribution in [0.3, 0.4) is 0 Å². The highest BCUT2D eigenvalue weighted by Crippen LogP contribution is 2.44. The van der Waals surface area contributed by atoms with Gasteiger partial charge in [-0.15, -0.1) is 11.8 Å². The summed E-state index contributed by atoms with van der Waals surface area (Å²) in [6, 6.07) is 13.7. The maximum absolute atomic E-state index is 13.4. The molecule has 7 heteroatoms. The van der Waals surface area contributed by atoms with Crippen molar-refractivity contribution in [3.05, 3.63) is 58.1 Å². The second-order valence-corrected chi connectivity index (χ2v) is 9.49. The molecule has 2 aliphatic rings. The number of amides is 2. The van der Waals surface area contributed by atoms with E-state index in [1.165, 1.54) is 0 Å². The predicted octanol–water partition coefficient (Wildman–Crippen LogP) is 4.39. The summed E-state index contributed by atoms with van der Waals surface area (Å²) in [5.74, 6) is 1.38. The van der Waals surface area contributed by atoms with E-state index in [1.807, 2.05) is 54.3 Å². The van der Waals surface area contributed by atoms with Gasteiger partial charge >= 0.3 is 0 Å². The number of nitrogens with zero attached hydrogens (tertiary/aromatic N) is 2. The Morgan fingerprint density at radius 3 is 2.69 bits per heavy atom. The summed E-state index contributed by atoms with van der Waals surface area (Å²) in [7, 11) is 1.65. The lowest BCUT2D eigenvalue weighted by Gasteiger charge is -2.28. The molecule has 2 aromatic rings. The van der Waals surface area contributed by atoms with E-state index in [0.717, 1.165) is 32.8 Å². The molecule has 0 bridgehead atoms. The lowest BCUT2D eigenvalue weighted by Crippen LogP contribution is -2.37. The van der Waals surface area contributed by atoms with Gasteiger partial charge in [0.25, 0.3) is 0 Å². The van der Waals surface area contributed by atoms with Gasteiger partial charge in [-0.1, -0.05) is 33.6 Å². The lowest BCUT2D eigenvalue weighted by molar-refractivity contribution is -0.136. The molecule has 0 spiro atoms. The van der Waals surface area contributed by atoms with Crippen LogP contribution in [0.5, 0.6) is 5.75 Å². The molecule has 0 aliphatic carbocycles. The number of rotatable bonds is 4. The normalized spacial score (nSPS) is 21.7. The third kappa shape index (κ3) is 4.03. The molecular formula is C22H23BrN2O3S. The first-order valence-corrected chi connectivity index (χ1v) is 11.4. The minimum Gasteiger partial charge on any atom is -0.496 e. The average Bonchev–Trinajstić information content (AvgIpc) is 3.35. The van der Waals surface area contributed by atoms with Gasteiger partial charge in [-0.3, -0.25) is 9.59 Å². The van der Waals surface area contributed by atoms with E-state index in [-0.39, 0.29) is 29.5 Å². The fraction of sp³-hybridized carbons (Fsp3) is 0.364. The number of halogens is 1. The highest BCUT2D eigenvalue weighted by Gasteiger charge is 2.41. The van der Waals surface area contributed by atoms with Crippen LogP contribution in [-0.2, 0) is 9.59 Å². The first kappa shape index (κ1) is 20.3. The summed E-state index contributed by atoms with van der Waals surface area (Å²) in [5, 5.41) is -0.0986. The van der Waals surface area contributed by atoms with Gasteiger partial charge in [-0.2, -0.15) is 0 Å². The number of hydrogen-bond acceptors (Lipinski definition) is 4. The topological polar surface area (TPSA) is 49.9 Å². The zero-order chi connectivity index (χ0) is 20.5. The Morgan fingerprint density at radius 1 is 1.21 bits per heavy atom. The van der Waals surface area contributed by atoms with Gasteiger partial charge in [0, 0.05) is 41.0 Å². The van der Waals surface area contributed by atoms with E-state index in [4.69, 9.17) is 4.74 Å². The van der Waals surface area contributed by atoms with Crippen molar-refractivity contribution in [3.8, 4) is 5.75 Å². The Balaban J connectivity index is 1.54. The largest absolute Gasteiger partial charge is 0.496 e. The van der Waals surface area contributed by atoms with Gasteiger partial charge in [0.1, 0.15) is 11.1 Å². The summed E-state index contributed by atoms with van der Waals surface area (Å²) in [6.07, 6.45) is 0.260. The SMILES string of the molecule is COc1ccc(Br)cc1C1SCCN1C(=O)C1CC(=O)N(c2ccc(C)cc2)C1. The van der Waals surface area contributed by atoms with Crippen LogP contribution in [0.2, 0.25) is 0 Å². The molecule has 0 aromatic heterocycles. The molecule has 0 saturated carbocycles. The Kier molecular flexibility index (Phi) is 5.88. The molecule has 0 radical (unpaired) electrons. The standard InChI is InChI=1S/C22H23BrN2O3S/c1-14-3-6-17(7-4-14)25-13-15(11-20(25)26)21(27)24-9-10-29-22(24)18-12-16(23)5-8-19(18)28-2/h3-8,12,15,22H,9-11,13H2,1-2H3. The van der Waals surface area contributed by atoms with E-state index in [2.05, 4.69) is 15.9 Å². The van der Waals surface area contributed by atoms with E-state index >= 15 is 0 Å². The fourth-order valence-electron chi connectivity index (χ4n) is 3.93. The van der Waals surface area contributed by atoms with Crippen LogP contribution in [0.1, 0.15) is 22.9 Å². The van der Waals surface area contributed by atoms with Gasteiger partial charge in [0.15, 0.2) is 0 Å². The molecule has 2 atom stereocenters.